The number of carbonyl (C=O) groups is 2. The van der Waals surface area contributed by atoms with Crippen LogP contribution in [0.25, 0.3) is 11.0 Å². The van der Waals surface area contributed by atoms with E-state index in [0.717, 1.165) is 23.9 Å². The second-order valence-electron chi connectivity index (χ2n) is 8.35. The number of aryl methyl sites for hydroxylation is 1. The second-order valence-corrected chi connectivity index (χ2v) is 8.35. The van der Waals surface area contributed by atoms with Crippen LogP contribution in [0.3, 0.4) is 0 Å². The number of likely N-dealkylation sites (tertiary alicyclic amines) is 1. The number of rotatable bonds is 5. The van der Waals surface area contributed by atoms with Crippen LogP contribution in [0.15, 0.2) is 12.4 Å². The predicted octanol–water partition coefficient (Wildman–Crippen LogP) is 3.44. The van der Waals surface area contributed by atoms with E-state index in [1.54, 1.807) is 28.9 Å². The van der Waals surface area contributed by atoms with E-state index in [-0.39, 0.29) is 12.1 Å². The third-order valence-corrected chi connectivity index (χ3v) is 4.96. The van der Waals surface area contributed by atoms with Crippen molar-refractivity contribution in [3.05, 3.63) is 18.0 Å². The summed E-state index contributed by atoms with van der Waals surface area (Å²) < 4.78 is 12.5. The monoisotopic (exact) mass is 417 g/mol. The number of carbonyl (C=O) groups excluding carboxylic acids is 2. The summed E-state index contributed by atoms with van der Waals surface area (Å²) in [5.74, 6) is -0.412. The van der Waals surface area contributed by atoms with Crippen LogP contribution in [-0.4, -0.2) is 63.1 Å². The molecule has 9 nitrogen and oxygen atoms in total. The molecule has 1 saturated heterocycles. The van der Waals surface area contributed by atoms with Crippen molar-refractivity contribution >= 4 is 28.8 Å². The number of aromatic nitrogens is 3. The van der Waals surface area contributed by atoms with Crippen LogP contribution >= 0.6 is 0 Å². The lowest BCUT2D eigenvalue weighted by Gasteiger charge is -2.34. The van der Waals surface area contributed by atoms with Crippen LogP contribution < -0.4 is 5.32 Å². The molecule has 0 aliphatic carbocycles. The quantitative estimate of drug-likeness (QED) is 0.744. The highest BCUT2D eigenvalue weighted by Gasteiger charge is 2.28. The number of nitrogens with zero attached hydrogens (tertiary/aromatic N) is 4. The number of ether oxygens (including phenoxy) is 2. The molecule has 0 atom stereocenters. The van der Waals surface area contributed by atoms with Gasteiger partial charge in [-0.05, 0) is 47.5 Å². The van der Waals surface area contributed by atoms with Crippen molar-refractivity contribution in [3.63, 3.8) is 0 Å². The van der Waals surface area contributed by atoms with Gasteiger partial charge in [0, 0.05) is 31.9 Å². The Bertz CT molecular complexity index is 910. The number of pyridine rings is 1. The van der Waals surface area contributed by atoms with E-state index in [1.807, 2.05) is 27.7 Å². The molecular weight excluding hydrogens is 386 g/mol. The molecule has 1 aliphatic rings. The van der Waals surface area contributed by atoms with Gasteiger partial charge in [0.1, 0.15) is 11.2 Å². The van der Waals surface area contributed by atoms with Crippen molar-refractivity contribution in [3.8, 4) is 0 Å². The number of amides is 1. The molecule has 1 amide bonds. The molecule has 2 aromatic rings. The minimum absolute atomic E-state index is 0.104. The van der Waals surface area contributed by atoms with E-state index in [4.69, 9.17) is 9.47 Å². The second kappa shape index (κ2) is 8.89. The Hall–Kier alpha value is -2.84. The van der Waals surface area contributed by atoms with Crippen molar-refractivity contribution in [1.82, 2.24) is 19.7 Å². The smallest absolute Gasteiger partial charge is 0.410 e. The number of fused-ring (bicyclic) bond motifs is 1. The van der Waals surface area contributed by atoms with Gasteiger partial charge in [-0.2, -0.15) is 5.10 Å². The van der Waals surface area contributed by atoms with E-state index < -0.39 is 11.6 Å². The maximum absolute atomic E-state index is 12.5. The van der Waals surface area contributed by atoms with Crippen LogP contribution in [0, 0.1) is 0 Å². The molecule has 9 heteroatoms. The van der Waals surface area contributed by atoms with Gasteiger partial charge < -0.3 is 19.7 Å². The summed E-state index contributed by atoms with van der Waals surface area (Å²) in [6.07, 6.45) is 4.48. The van der Waals surface area contributed by atoms with Crippen molar-refractivity contribution < 1.29 is 19.1 Å². The van der Waals surface area contributed by atoms with E-state index in [9.17, 15) is 9.59 Å². The highest BCUT2D eigenvalue weighted by Crippen LogP contribution is 2.29. The molecule has 30 heavy (non-hydrogen) atoms. The van der Waals surface area contributed by atoms with Gasteiger partial charge in [0.05, 0.1) is 23.9 Å². The minimum Gasteiger partial charge on any atom is -0.462 e. The molecule has 2 aromatic heterocycles. The van der Waals surface area contributed by atoms with Gasteiger partial charge >= 0.3 is 12.1 Å². The first-order valence-electron chi connectivity index (χ1n) is 10.5. The fourth-order valence-electron chi connectivity index (χ4n) is 3.51. The summed E-state index contributed by atoms with van der Waals surface area (Å²) in [7, 11) is 0. The van der Waals surface area contributed by atoms with E-state index in [2.05, 4.69) is 15.4 Å². The molecule has 0 aromatic carbocycles. The average molecular weight is 418 g/mol. The summed E-state index contributed by atoms with van der Waals surface area (Å²) >= 11 is 0. The summed E-state index contributed by atoms with van der Waals surface area (Å²) in [5, 5.41) is 8.67. The lowest BCUT2D eigenvalue weighted by molar-refractivity contribution is 0.0210. The Kier molecular flexibility index (Phi) is 6.48. The maximum atomic E-state index is 12.5. The SMILES string of the molecule is CCOC(=O)c1cnc2c(cnn2CC)c1NC1CCN(C(=O)OC(C)(C)C)CC1. The highest BCUT2D eigenvalue weighted by molar-refractivity contribution is 6.04. The third-order valence-electron chi connectivity index (χ3n) is 4.96. The van der Waals surface area contributed by atoms with Gasteiger partial charge in [0.15, 0.2) is 5.65 Å². The number of piperidine rings is 1. The Morgan fingerprint density at radius 2 is 1.90 bits per heavy atom. The number of nitrogens with one attached hydrogen (secondary N) is 1. The molecule has 1 fully saturated rings. The lowest BCUT2D eigenvalue weighted by Crippen LogP contribution is -2.44. The molecule has 164 valence electrons. The zero-order valence-corrected chi connectivity index (χ0v) is 18.4. The van der Waals surface area contributed by atoms with Crippen LogP contribution in [0.2, 0.25) is 0 Å². The average Bonchev–Trinajstić information content (AvgIpc) is 3.11. The van der Waals surface area contributed by atoms with Gasteiger partial charge in [0.2, 0.25) is 0 Å². The maximum Gasteiger partial charge on any atom is 0.410 e. The Labute approximate surface area is 176 Å². The third kappa shape index (κ3) is 4.83. The van der Waals surface area contributed by atoms with E-state index in [1.165, 1.54) is 0 Å². The van der Waals surface area contributed by atoms with Crippen LogP contribution in [0.5, 0.6) is 0 Å². The molecule has 1 N–H and O–H groups in total. The predicted molar refractivity (Wildman–Crippen MR) is 114 cm³/mol. The molecule has 3 rings (SSSR count). The highest BCUT2D eigenvalue weighted by atomic mass is 16.6. The molecule has 0 radical (unpaired) electrons. The molecule has 0 bridgehead atoms. The molecule has 1 aliphatic heterocycles. The fourth-order valence-corrected chi connectivity index (χ4v) is 3.51. The summed E-state index contributed by atoms with van der Waals surface area (Å²) in [5.41, 5.74) is 1.30. The molecule has 3 heterocycles. The van der Waals surface area contributed by atoms with Crippen LogP contribution in [-0.2, 0) is 16.0 Å². The Morgan fingerprint density at radius 1 is 1.20 bits per heavy atom. The number of hydrogen-bond acceptors (Lipinski definition) is 7. The first kappa shape index (κ1) is 21.9. The first-order valence-corrected chi connectivity index (χ1v) is 10.5. The van der Waals surface area contributed by atoms with E-state index >= 15 is 0 Å². The standard InChI is InChI=1S/C21H31N5O4/c1-6-26-18-15(13-23-26)17(16(12-22-18)19(27)29-7-2)24-14-8-10-25(11-9-14)20(28)30-21(3,4)5/h12-14H,6-11H2,1-5H3,(H,22,24). The van der Waals surface area contributed by atoms with Gasteiger partial charge in [-0.15, -0.1) is 0 Å². The summed E-state index contributed by atoms with van der Waals surface area (Å²) in [4.78, 5) is 31.0. The minimum atomic E-state index is -0.511. The number of anilines is 1. The number of esters is 1. The topological polar surface area (TPSA) is 98.6 Å². The largest absolute Gasteiger partial charge is 0.462 e. The van der Waals surface area contributed by atoms with Crippen molar-refractivity contribution in [2.45, 2.75) is 65.6 Å². The van der Waals surface area contributed by atoms with Gasteiger partial charge in [-0.25, -0.2) is 19.3 Å². The van der Waals surface area contributed by atoms with Gasteiger partial charge in [0.25, 0.3) is 0 Å². The fraction of sp³-hybridized carbons (Fsp3) is 0.619. The molecule has 0 saturated carbocycles. The Morgan fingerprint density at radius 3 is 2.50 bits per heavy atom. The summed E-state index contributed by atoms with van der Waals surface area (Å²) in [6.45, 7) is 11.5. The zero-order chi connectivity index (χ0) is 21.9. The van der Waals surface area contributed by atoms with Crippen molar-refractivity contribution in [1.29, 1.82) is 0 Å². The number of hydrogen-bond donors (Lipinski definition) is 1. The molecule has 0 spiro atoms. The Balaban J connectivity index is 1.78. The normalized spacial score (nSPS) is 15.3. The first-order chi connectivity index (χ1) is 14.2. The molecule has 0 unspecified atom stereocenters. The van der Waals surface area contributed by atoms with Crippen LogP contribution in [0.1, 0.15) is 57.8 Å². The molecular formula is C21H31N5O4. The van der Waals surface area contributed by atoms with Crippen LogP contribution in [0.4, 0.5) is 10.5 Å². The van der Waals surface area contributed by atoms with Gasteiger partial charge in [-0.3, -0.25) is 0 Å². The zero-order valence-electron chi connectivity index (χ0n) is 18.4. The van der Waals surface area contributed by atoms with E-state index in [0.29, 0.717) is 37.5 Å². The lowest BCUT2D eigenvalue weighted by atomic mass is 10.0. The van der Waals surface area contributed by atoms with Gasteiger partial charge in [-0.1, -0.05) is 0 Å². The van der Waals surface area contributed by atoms with Crippen molar-refractivity contribution in [2.75, 3.05) is 25.0 Å². The van der Waals surface area contributed by atoms with Crippen molar-refractivity contribution in [2.24, 2.45) is 0 Å². The summed E-state index contributed by atoms with van der Waals surface area (Å²) in [6, 6.07) is 0.104.